The summed E-state index contributed by atoms with van der Waals surface area (Å²) >= 11 is 0. The molecule has 0 radical (unpaired) electrons. The van der Waals surface area contributed by atoms with Crippen molar-refractivity contribution in [3.63, 3.8) is 0 Å². The van der Waals surface area contributed by atoms with Crippen LogP contribution in [-0.2, 0) is 0 Å². The second-order valence-corrected chi connectivity index (χ2v) is 4.95. The van der Waals surface area contributed by atoms with Crippen LogP contribution in [0.4, 0.5) is 0 Å². The van der Waals surface area contributed by atoms with Crippen molar-refractivity contribution in [3.8, 4) is 0 Å². The molecule has 1 atom stereocenters. The molecule has 0 unspecified atom stereocenters. The van der Waals surface area contributed by atoms with Gasteiger partial charge in [0, 0.05) is 5.54 Å². The lowest BCUT2D eigenvalue weighted by Gasteiger charge is -2.27. The molecule has 2 fully saturated rings. The second kappa shape index (κ2) is 3.37. The van der Waals surface area contributed by atoms with Gasteiger partial charge < -0.3 is 5.32 Å². The molecule has 0 aromatic carbocycles. The van der Waals surface area contributed by atoms with Crippen molar-refractivity contribution in [3.05, 3.63) is 0 Å². The van der Waals surface area contributed by atoms with Gasteiger partial charge >= 0.3 is 0 Å². The normalized spacial score (nSPS) is 37.8. The molecule has 0 amide bonds. The molecule has 70 valence electrons. The zero-order chi connectivity index (χ0) is 8.44. The van der Waals surface area contributed by atoms with Gasteiger partial charge in [0.2, 0.25) is 0 Å². The molecule has 1 heteroatoms. The summed E-state index contributed by atoms with van der Waals surface area (Å²) in [6, 6.07) is 0. The lowest BCUT2D eigenvalue weighted by molar-refractivity contribution is 0.310. The van der Waals surface area contributed by atoms with Gasteiger partial charge in [-0.1, -0.05) is 25.7 Å². The Morgan fingerprint density at radius 3 is 2.58 bits per heavy atom. The summed E-state index contributed by atoms with van der Waals surface area (Å²) in [4.78, 5) is 0. The van der Waals surface area contributed by atoms with Crippen LogP contribution in [0, 0.1) is 5.92 Å². The minimum absolute atomic E-state index is 0.509. The first kappa shape index (κ1) is 8.55. The third-order valence-electron chi connectivity index (χ3n) is 3.67. The first-order valence-corrected chi connectivity index (χ1v) is 5.54. The third-order valence-corrected chi connectivity index (χ3v) is 3.67. The zero-order valence-corrected chi connectivity index (χ0v) is 8.23. The summed E-state index contributed by atoms with van der Waals surface area (Å²) < 4.78 is 0. The van der Waals surface area contributed by atoms with Gasteiger partial charge in [0.15, 0.2) is 0 Å². The predicted octanol–water partition coefficient (Wildman–Crippen LogP) is 2.71. The van der Waals surface area contributed by atoms with Crippen LogP contribution >= 0.6 is 0 Å². The Bertz CT molecular complexity index is 141. The molecule has 2 rings (SSSR count). The van der Waals surface area contributed by atoms with Gasteiger partial charge in [-0.2, -0.15) is 0 Å². The number of hydrogen-bond acceptors (Lipinski definition) is 1. The van der Waals surface area contributed by atoms with Gasteiger partial charge in [-0.3, -0.25) is 0 Å². The highest BCUT2D eigenvalue weighted by molar-refractivity contribution is 4.91. The maximum atomic E-state index is 3.66. The Balaban J connectivity index is 1.83. The van der Waals surface area contributed by atoms with Crippen molar-refractivity contribution in [1.29, 1.82) is 0 Å². The average molecular weight is 167 g/mol. The van der Waals surface area contributed by atoms with Crippen LogP contribution in [0.2, 0.25) is 0 Å². The fourth-order valence-electron chi connectivity index (χ4n) is 2.98. The number of rotatable bonds is 2. The van der Waals surface area contributed by atoms with E-state index in [1.54, 1.807) is 0 Å². The Morgan fingerprint density at radius 1 is 1.25 bits per heavy atom. The van der Waals surface area contributed by atoms with E-state index in [1.807, 2.05) is 0 Å². The quantitative estimate of drug-likeness (QED) is 0.667. The zero-order valence-electron chi connectivity index (χ0n) is 8.23. The van der Waals surface area contributed by atoms with Crippen molar-refractivity contribution in [2.45, 2.75) is 57.4 Å². The van der Waals surface area contributed by atoms with Crippen molar-refractivity contribution < 1.29 is 0 Å². The van der Waals surface area contributed by atoms with E-state index >= 15 is 0 Å². The first-order chi connectivity index (χ1) is 5.79. The summed E-state index contributed by atoms with van der Waals surface area (Å²) in [5.41, 5.74) is 0.509. The fourth-order valence-corrected chi connectivity index (χ4v) is 2.98. The molecule has 2 aliphatic rings. The van der Waals surface area contributed by atoms with Gasteiger partial charge in [0.25, 0.3) is 0 Å². The molecule has 1 N–H and O–H groups in total. The minimum Gasteiger partial charge on any atom is -0.312 e. The summed E-state index contributed by atoms with van der Waals surface area (Å²) in [6.45, 7) is 3.67. The number of hydrogen-bond donors (Lipinski definition) is 1. The molecule has 1 saturated carbocycles. The molecule has 1 heterocycles. The van der Waals surface area contributed by atoms with E-state index in [2.05, 4.69) is 12.2 Å². The van der Waals surface area contributed by atoms with Crippen molar-refractivity contribution in [1.82, 2.24) is 5.32 Å². The smallest absolute Gasteiger partial charge is 0.0156 e. The van der Waals surface area contributed by atoms with Crippen LogP contribution in [0.5, 0.6) is 0 Å². The molecule has 1 aliphatic carbocycles. The largest absolute Gasteiger partial charge is 0.312 e. The van der Waals surface area contributed by atoms with Crippen molar-refractivity contribution in [2.24, 2.45) is 5.92 Å². The van der Waals surface area contributed by atoms with Crippen LogP contribution in [-0.4, -0.2) is 12.1 Å². The van der Waals surface area contributed by atoms with E-state index in [4.69, 9.17) is 0 Å². The van der Waals surface area contributed by atoms with E-state index < -0.39 is 0 Å². The average Bonchev–Trinajstić information content (AvgIpc) is 2.62. The Morgan fingerprint density at radius 2 is 2.00 bits per heavy atom. The van der Waals surface area contributed by atoms with Gasteiger partial charge in [-0.05, 0) is 38.6 Å². The van der Waals surface area contributed by atoms with Crippen molar-refractivity contribution in [2.75, 3.05) is 6.54 Å². The Hall–Kier alpha value is -0.0400. The minimum atomic E-state index is 0.509. The van der Waals surface area contributed by atoms with Gasteiger partial charge in [0.05, 0.1) is 0 Å². The summed E-state index contributed by atoms with van der Waals surface area (Å²) in [7, 11) is 0. The van der Waals surface area contributed by atoms with E-state index in [0.29, 0.717) is 5.54 Å². The lowest BCUT2D eigenvalue weighted by atomic mass is 9.87. The van der Waals surface area contributed by atoms with Crippen LogP contribution in [0.25, 0.3) is 0 Å². The summed E-state index contributed by atoms with van der Waals surface area (Å²) in [5, 5.41) is 3.66. The molecule has 12 heavy (non-hydrogen) atoms. The topological polar surface area (TPSA) is 12.0 Å². The molecular formula is C11H21N. The van der Waals surface area contributed by atoms with Gasteiger partial charge in [0.1, 0.15) is 0 Å². The SMILES string of the molecule is C[C@@]1(CC2CCCC2)CCCN1. The number of nitrogens with one attached hydrogen (secondary N) is 1. The molecule has 1 aliphatic heterocycles. The first-order valence-electron chi connectivity index (χ1n) is 5.54. The van der Waals surface area contributed by atoms with Crippen LogP contribution in [0.15, 0.2) is 0 Å². The summed E-state index contributed by atoms with van der Waals surface area (Å²) in [6.07, 6.45) is 10.2. The predicted molar refractivity (Wildman–Crippen MR) is 52.2 cm³/mol. The van der Waals surface area contributed by atoms with Crippen LogP contribution in [0.3, 0.4) is 0 Å². The van der Waals surface area contributed by atoms with Crippen LogP contribution < -0.4 is 5.32 Å². The monoisotopic (exact) mass is 167 g/mol. The highest BCUT2D eigenvalue weighted by Gasteiger charge is 2.31. The van der Waals surface area contributed by atoms with E-state index in [0.717, 1.165) is 5.92 Å². The molecule has 0 bridgehead atoms. The molecule has 1 saturated heterocycles. The maximum Gasteiger partial charge on any atom is 0.0156 e. The van der Waals surface area contributed by atoms with E-state index in [1.165, 1.54) is 51.5 Å². The molecule has 0 aromatic heterocycles. The Labute approximate surface area is 75.9 Å². The van der Waals surface area contributed by atoms with Gasteiger partial charge in [-0.15, -0.1) is 0 Å². The Kier molecular flexibility index (Phi) is 2.40. The molecular weight excluding hydrogens is 146 g/mol. The van der Waals surface area contributed by atoms with Crippen LogP contribution in [0.1, 0.15) is 51.9 Å². The third kappa shape index (κ3) is 1.82. The molecule has 0 aromatic rings. The molecule has 0 spiro atoms. The fraction of sp³-hybridized carbons (Fsp3) is 1.00. The highest BCUT2D eigenvalue weighted by Crippen LogP contribution is 2.34. The summed E-state index contributed by atoms with van der Waals surface area (Å²) in [5.74, 6) is 1.04. The maximum absolute atomic E-state index is 3.66. The van der Waals surface area contributed by atoms with E-state index in [9.17, 15) is 0 Å². The lowest BCUT2D eigenvalue weighted by Crippen LogP contribution is -2.37. The van der Waals surface area contributed by atoms with Gasteiger partial charge in [-0.25, -0.2) is 0 Å². The second-order valence-electron chi connectivity index (χ2n) is 4.95. The van der Waals surface area contributed by atoms with E-state index in [-0.39, 0.29) is 0 Å². The van der Waals surface area contributed by atoms with Crippen molar-refractivity contribution >= 4 is 0 Å². The highest BCUT2D eigenvalue weighted by atomic mass is 15.0. The molecule has 1 nitrogen and oxygen atoms in total. The standard InChI is InChI=1S/C11H21N/c1-11(7-4-8-12-11)9-10-5-2-3-6-10/h10,12H,2-9H2,1H3/t11-/m0/s1.